The molecule has 0 amide bonds. The molecule has 2 aromatic carbocycles. The highest BCUT2D eigenvalue weighted by Crippen LogP contribution is 2.28. The van der Waals surface area contributed by atoms with E-state index in [9.17, 15) is 0 Å². The van der Waals surface area contributed by atoms with Crippen molar-refractivity contribution < 1.29 is 4.74 Å². The van der Waals surface area contributed by atoms with Crippen LogP contribution in [0, 0.1) is 0 Å². The zero-order chi connectivity index (χ0) is 22.5. The minimum absolute atomic E-state index is 0.686. The molecule has 0 spiro atoms. The second-order valence-electron chi connectivity index (χ2n) is 7.90. The lowest BCUT2D eigenvalue weighted by atomic mass is 10.0. The number of benzene rings is 2. The Kier molecular flexibility index (Phi) is 6.97. The van der Waals surface area contributed by atoms with Gasteiger partial charge < -0.3 is 15.0 Å². The number of halogens is 1. The molecule has 8 heteroatoms. The fourth-order valence-corrected chi connectivity index (χ4v) is 4.01. The van der Waals surface area contributed by atoms with E-state index in [2.05, 4.69) is 28.4 Å². The van der Waals surface area contributed by atoms with Crippen molar-refractivity contribution in [1.29, 1.82) is 0 Å². The van der Waals surface area contributed by atoms with Gasteiger partial charge in [0.25, 0.3) is 0 Å². The molecule has 164 valence electrons. The fraction of sp³-hybridized carbons (Fsp3) is 0.250. The lowest BCUT2D eigenvalue weighted by Crippen LogP contribution is -2.22. The quantitative estimate of drug-likeness (QED) is 0.315. The van der Waals surface area contributed by atoms with Gasteiger partial charge in [-0.05, 0) is 37.6 Å². The molecule has 6 nitrogen and oxygen atoms in total. The summed E-state index contributed by atoms with van der Waals surface area (Å²) in [7, 11) is 5.86. The number of nitrogens with zero attached hydrogens (tertiary/aromatic N) is 4. The van der Waals surface area contributed by atoms with Crippen molar-refractivity contribution in [1.82, 2.24) is 19.5 Å². The van der Waals surface area contributed by atoms with Gasteiger partial charge in [0.1, 0.15) is 19.4 Å². The Morgan fingerprint density at radius 1 is 1.16 bits per heavy atom. The zero-order valence-electron chi connectivity index (χ0n) is 18.7. The summed E-state index contributed by atoms with van der Waals surface area (Å²) in [4.78, 5) is 7.10. The van der Waals surface area contributed by atoms with Gasteiger partial charge in [0.2, 0.25) is 0 Å². The Bertz CT molecular complexity index is 1210. The highest BCUT2D eigenvalue weighted by Gasteiger charge is 2.12. The van der Waals surface area contributed by atoms with Crippen molar-refractivity contribution in [2.24, 2.45) is 0 Å². The summed E-state index contributed by atoms with van der Waals surface area (Å²) >= 11 is 6.43. The number of hydrogen-bond donors (Lipinski definition) is 1. The molecule has 0 bridgehead atoms. The number of fused-ring (bicyclic) bond motifs is 1. The fourth-order valence-electron chi connectivity index (χ4n) is 3.77. The van der Waals surface area contributed by atoms with Crippen LogP contribution in [0.15, 0.2) is 60.8 Å². The largest absolute Gasteiger partial charge is 0.496 e. The predicted molar refractivity (Wildman–Crippen MR) is 134 cm³/mol. The van der Waals surface area contributed by atoms with Crippen molar-refractivity contribution in [3.63, 3.8) is 0 Å². The SMILES string of the molecule is Bc1cnn2c(NCCCN(C)Cc3ccccc3OC)cc(-c3ccccc3Cl)nc12. The third-order valence-electron chi connectivity index (χ3n) is 5.45. The normalized spacial score (nSPS) is 11.2. The number of nitrogens with one attached hydrogen (secondary N) is 1. The first-order valence-corrected chi connectivity index (χ1v) is 11.1. The molecule has 0 unspecified atom stereocenters. The molecule has 4 aromatic rings. The number of aromatic nitrogens is 3. The van der Waals surface area contributed by atoms with Gasteiger partial charge in [-0.2, -0.15) is 9.61 Å². The molecule has 0 saturated carbocycles. The van der Waals surface area contributed by atoms with Gasteiger partial charge in [-0.3, -0.25) is 0 Å². The average Bonchev–Trinajstić information content (AvgIpc) is 3.18. The number of ether oxygens (including phenoxy) is 1. The number of rotatable bonds is 9. The van der Waals surface area contributed by atoms with Gasteiger partial charge >= 0.3 is 0 Å². The van der Waals surface area contributed by atoms with E-state index in [-0.39, 0.29) is 0 Å². The van der Waals surface area contributed by atoms with E-state index in [4.69, 9.17) is 21.3 Å². The van der Waals surface area contributed by atoms with Gasteiger partial charge in [0, 0.05) is 41.5 Å². The van der Waals surface area contributed by atoms with E-state index in [1.54, 1.807) is 7.11 Å². The number of para-hydroxylation sites is 1. The Morgan fingerprint density at radius 2 is 1.94 bits per heavy atom. The van der Waals surface area contributed by atoms with E-state index < -0.39 is 0 Å². The van der Waals surface area contributed by atoms with E-state index in [0.717, 1.165) is 60.0 Å². The third kappa shape index (κ3) is 4.90. The van der Waals surface area contributed by atoms with Gasteiger partial charge in [-0.25, -0.2) is 4.98 Å². The van der Waals surface area contributed by atoms with Crippen LogP contribution in [0.1, 0.15) is 12.0 Å². The summed E-state index contributed by atoms with van der Waals surface area (Å²) in [6, 6.07) is 17.9. The highest BCUT2D eigenvalue weighted by atomic mass is 35.5. The summed E-state index contributed by atoms with van der Waals surface area (Å²) in [5, 5.41) is 8.72. The van der Waals surface area contributed by atoms with Crippen molar-refractivity contribution in [2.45, 2.75) is 13.0 Å². The van der Waals surface area contributed by atoms with Gasteiger partial charge in [-0.15, -0.1) is 0 Å². The van der Waals surface area contributed by atoms with Crippen LogP contribution >= 0.6 is 11.6 Å². The van der Waals surface area contributed by atoms with Crippen LogP contribution in [0.5, 0.6) is 5.75 Å². The molecule has 0 radical (unpaired) electrons. The summed E-state index contributed by atoms with van der Waals surface area (Å²) < 4.78 is 7.32. The second-order valence-corrected chi connectivity index (χ2v) is 8.31. The van der Waals surface area contributed by atoms with E-state index in [1.807, 2.05) is 67.1 Å². The Balaban J connectivity index is 1.43. The minimum Gasteiger partial charge on any atom is -0.496 e. The first kappa shape index (κ1) is 22.2. The molecule has 0 aliphatic rings. The lowest BCUT2D eigenvalue weighted by Gasteiger charge is -2.19. The molecule has 1 N–H and O–H groups in total. The summed E-state index contributed by atoms with van der Waals surface area (Å²) in [5.74, 6) is 1.84. The summed E-state index contributed by atoms with van der Waals surface area (Å²) in [6.07, 6.45) is 2.82. The van der Waals surface area contributed by atoms with Crippen molar-refractivity contribution in [3.8, 4) is 17.0 Å². The first-order valence-electron chi connectivity index (χ1n) is 10.7. The molecule has 32 heavy (non-hydrogen) atoms. The monoisotopic (exact) mass is 447 g/mol. The standard InChI is InChI=1S/C24H27BClN5O/c1-30(16-17-8-3-6-11-22(17)32-2)13-7-12-27-23-14-21(18-9-4-5-10-20(18)26)29-24-19(25)15-28-31(23)24/h3-6,8-11,14-15,27H,7,12-13,16,25H2,1-2H3. The van der Waals surface area contributed by atoms with Crippen LogP contribution in [0.4, 0.5) is 5.82 Å². The molecule has 0 atom stereocenters. The van der Waals surface area contributed by atoms with E-state index >= 15 is 0 Å². The maximum absolute atomic E-state index is 6.43. The Morgan fingerprint density at radius 3 is 2.75 bits per heavy atom. The van der Waals surface area contributed by atoms with Crippen LogP contribution in [0.25, 0.3) is 16.9 Å². The average molecular weight is 448 g/mol. The lowest BCUT2D eigenvalue weighted by molar-refractivity contribution is 0.316. The molecule has 0 saturated heterocycles. The van der Waals surface area contributed by atoms with Gasteiger partial charge in [0.15, 0.2) is 5.65 Å². The smallest absolute Gasteiger partial charge is 0.151 e. The molecule has 0 fully saturated rings. The van der Waals surface area contributed by atoms with Crippen LogP contribution in [-0.2, 0) is 6.54 Å². The molecule has 0 aliphatic carbocycles. The van der Waals surface area contributed by atoms with Crippen molar-refractivity contribution in [3.05, 3.63) is 71.4 Å². The summed E-state index contributed by atoms with van der Waals surface area (Å²) in [5.41, 5.74) is 4.80. The van der Waals surface area contributed by atoms with E-state index in [1.165, 1.54) is 5.56 Å². The predicted octanol–water partition coefficient (Wildman–Crippen LogP) is 3.25. The second kappa shape index (κ2) is 10.1. The third-order valence-corrected chi connectivity index (χ3v) is 5.78. The summed E-state index contributed by atoms with van der Waals surface area (Å²) in [6.45, 7) is 2.61. The van der Waals surface area contributed by atoms with Gasteiger partial charge in [0.05, 0.1) is 12.8 Å². The van der Waals surface area contributed by atoms with Crippen LogP contribution in [0.3, 0.4) is 0 Å². The molecular weight excluding hydrogens is 421 g/mol. The number of hydrogen-bond acceptors (Lipinski definition) is 5. The Hall–Kier alpha value is -3.03. The first-order chi connectivity index (χ1) is 15.6. The molecular formula is C24H27BClN5O. The van der Waals surface area contributed by atoms with Crippen LogP contribution < -0.4 is 15.5 Å². The number of methoxy groups -OCH3 is 1. The van der Waals surface area contributed by atoms with Crippen LogP contribution in [0.2, 0.25) is 5.02 Å². The van der Waals surface area contributed by atoms with E-state index in [0.29, 0.717) is 5.02 Å². The molecule has 2 heterocycles. The zero-order valence-corrected chi connectivity index (χ0v) is 19.4. The maximum atomic E-state index is 6.43. The highest BCUT2D eigenvalue weighted by molar-refractivity contribution is 6.36. The van der Waals surface area contributed by atoms with Gasteiger partial charge in [-0.1, -0.05) is 48.0 Å². The minimum atomic E-state index is 0.686. The molecule has 2 aromatic heterocycles. The van der Waals surface area contributed by atoms with Crippen molar-refractivity contribution >= 4 is 36.4 Å². The molecule has 0 aliphatic heterocycles. The number of anilines is 1. The van der Waals surface area contributed by atoms with Crippen molar-refractivity contribution in [2.75, 3.05) is 32.6 Å². The topological polar surface area (TPSA) is 54.7 Å². The van der Waals surface area contributed by atoms with Crippen LogP contribution in [-0.4, -0.2) is 54.6 Å². The Labute approximate surface area is 194 Å². The maximum Gasteiger partial charge on any atom is 0.151 e. The molecule has 4 rings (SSSR count).